The van der Waals surface area contributed by atoms with Crippen molar-refractivity contribution in [3.8, 4) is 11.5 Å². The first-order valence-electron chi connectivity index (χ1n) is 6.19. The molecule has 0 unspecified atom stereocenters. The van der Waals surface area contributed by atoms with Crippen LogP contribution in [0.25, 0.3) is 0 Å². The third-order valence-electron chi connectivity index (χ3n) is 2.79. The first-order valence-corrected chi connectivity index (χ1v) is 7.11. The molecule has 0 atom stereocenters. The molecule has 1 heterocycles. The summed E-state index contributed by atoms with van der Waals surface area (Å²) in [5, 5.41) is 0.578. The Kier molecular flexibility index (Phi) is 5.50. The molecule has 1 aromatic carbocycles. The van der Waals surface area contributed by atoms with E-state index in [2.05, 4.69) is 4.98 Å². The number of methoxy groups -OCH3 is 1. The van der Waals surface area contributed by atoms with Gasteiger partial charge in [-0.25, -0.2) is 0 Å². The Bertz CT molecular complexity index is 536. The van der Waals surface area contributed by atoms with E-state index in [4.69, 9.17) is 32.7 Å². The van der Waals surface area contributed by atoms with Crippen LogP contribution < -0.4 is 9.47 Å². The third kappa shape index (κ3) is 3.78. The fourth-order valence-electron chi connectivity index (χ4n) is 1.84. The van der Waals surface area contributed by atoms with E-state index in [0.717, 1.165) is 11.3 Å². The summed E-state index contributed by atoms with van der Waals surface area (Å²) in [4.78, 5) is 4.25. The summed E-state index contributed by atoms with van der Waals surface area (Å²) in [6, 6.07) is 9.30. The lowest BCUT2D eigenvalue weighted by atomic mass is 10.2. The van der Waals surface area contributed by atoms with Crippen LogP contribution >= 0.6 is 23.2 Å². The summed E-state index contributed by atoms with van der Waals surface area (Å²) in [6.45, 7) is 0.499. The van der Waals surface area contributed by atoms with Gasteiger partial charge in [-0.3, -0.25) is 4.98 Å². The van der Waals surface area contributed by atoms with Crippen molar-refractivity contribution in [2.75, 3.05) is 13.7 Å². The number of benzene rings is 1. The van der Waals surface area contributed by atoms with E-state index in [1.165, 1.54) is 0 Å². The van der Waals surface area contributed by atoms with Gasteiger partial charge in [0.2, 0.25) is 0 Å². The van der Waals surface area contributed by atoms with E-state index in [9.17, 15) is 0 Å². The van der Waals surface area contributed by atoms with Crippen LogP contribution in [0.5, 0.6) is 11.5 Å². The summed E-state index contributed by atoms with van der Waals surface area (Å²) < 4.78 is 11.1. The molecule has 1 aromatic heterocycles. The fourth-order valence-corrected chi connectivity index (χ4v) is 2.27. The predicted octanol–water partition coefficient (Wildman–Crippen LogP) is 4.10. The molecule has 0 aliphatic rings. The Morgan fingerprint density at radius 2 is 2.10 bits per heavy atom. The van der Waals surface area contributed by atoms with Crippen LogP contribution in [0.15, 0.2) is 36.5 Å². The second kappa shape index (κ2) is 7.36. The molecule has 0 saturated carbocycles. The van der Waals surface area contributed by atoms with Crippen LogP contribution in [0, 0.1) is 0 Å². The van der Waals surface area contributed by atoms with Gasteiger partial charge in [0.15, 0.2) is 11.5 Å². The lowest BCUT2D eigenvalue weighted by molar-refractivity contribution is 0.294. The molecule has 5 heteroatoms. The number of pyridine rings is 1. The molecular formula is C15H15Cl2NO2. The van der Waals surface area contributed by atoms with E-state index in [0.29, 0.717) is 35.4 Å². The van der Waals surface area contributed by atoms with Crippen molar-refractivity contribution in [3.63, 3.8) is 0 Å². The molecule has 0 amide bonds. The maximum Gasteiger partial charge on any atom is 0.165 e. The Labute approximate surface area is 128 Å². The lowest BCUT2D eigenvalue weighted by Gasteiger charge is -2.14. The summed E-state index contributed by atoms with van der Waals surface area (Å²) in [5.41, 5.74) is 1.80. The topological polar surface area (TPSA) is 31.4 Å². The number of rotatable bonds is 6. The largest absolute Gasteiger partial charge is 0.493 e. The van der Waals surface area contributed by atoms with Gasteiger partial charge in [0, 0.05) is 35.0 Å². The highest BCUT2D eigenvalue weighted by Gasteiger charge is 2.12. The minimum atomic E-state index is 0.315. The van der Waals surface area contributed by atoms with Crippen molar-refractivity contribution in [1.82, 2.24) is 4.98 Å². The normalized spacial score (nSPS) is 10.3. The molecule has 2 aromatic rings. The molecule has 0 fully saturated rings. The number of hydrogen-bond donors (Lipinski definition) is 0. The van der Waals surface area contributed by atoms with E-state index in [1.807, 2.05) is 18.2 Å². The molecule has 0 bridgehead atoms. The molecule has 0 aliphatic carbocycles. The minimum absolute atomic E-state index is 0.315. The van der Waals surface area contributed by atoms with Crippen LogP contribution in [0.3, 0.4) is 0 Å². The highest BCUT2D eigenvalue weighted by Crippen LogP contribution is 2.35. The van der Waals surface area contributed by atoms with Gasteiger partial charge in [-0.2, -0.15) is 0 Å². The quantitative estimate of drug-likeness (QED) is 0.752. The van der Waals surface area contributed by atoms with Crippen LogP contribution in [0.2, 0.25) is 5.02 Å². The first kappa shape index (κ1) is 14.9. The Morgan fingerprint density at radius 1 is 1.25 bits per heavy atom. The molecule has 20 heavy (non-hydrogen) atoms. The highest BCUT2D eigenvalue weighted by molar-refractivity contribution is 6.31. The molecule has 0 radical (unpaired) electrons. The van der Waals surface area contributed by atoms with E-state index < -0.39 is 0 Å². The maximum atomic E-state index is 6.01. The van der Waals surface area contributed by atoms with E-state index in [1.54, 1.807) is 25.4 Å². The van der Waals surface area contributed by atoms with Crippen LogP contribution in [-0.4, -0.2) is 18.7 Å². The first-order chi connectivity index (χ1) is 9.74. The average Bonchev–Trinajstić information content (AvgIpc) is 2.49. The zero-order valence-corrected chi connectivity index (χ0v) is 12.6. The van der Waals surface area contributed by atoms with Crippen molar-refractivity contribution in [3.05, 3.63) is 52.8 Å². The number of alkyl halides is 1. The van der Waals surface area contributed by atoms with Crippen molar-refractivity contribution in [1.29, 1.82) is 0 Å². The molecule has 3 nitrogen and oxygen atoms in total. The number of halogens is 2. The van der Waals surface area contributed by atoms with Gasteiger partial charge in [0.25, 0.3) is 0 Å². The molecule has 106 valence electrons. The maximum absolute atomic E-state index is 6.01. The van der Waals surface area contributed by atoms with Crippen molar-refractivity contribution in [2.24, 2.45) is 0 Å². The number of aromatic nitrogens is 1. The summed E-state index contributed by atoms with van der Waals surface area (Å²) >= 11 is 11.9. The SMILES string of the molecule is COc1cc(Cl)cc(CCl)c1OCCc1ccccn1. The molecule has 0 saturated heterocycles. The summed E-state index contributed by atoms with van der Waals surface area (Å²) in [6.07, 6.45) is 2.48. The number of ether oxygens (including phenoxy) is 2. The zero-order valence-electron chi connectivity index (χ0n) is 11.1. The highest BCUT2D eigenvalue weighted by atomic mass is 35.5. The smallest absolute Gasteiger partial charge is 0.165 e. The van der Waals surface area contributed by atoms with Crippen molar-refractivity contribution in [2.45, 2.75) is 12.3 Å². The van der Waals surface area contributed by atoms with Crippen molar-refractivity contribution < 1.29 is 9.47 Å². The predicted molar refractivity (Wildman–Crippen MR) is 81.0 cm³/mol. The van der Waals surface area contributed by atoms with Crippen LogP contribution in [0.4, 0.5) is 0 Å². The standard InChI is InChI=1S/C15H15Cl2NO2/c1-19-14-9-12(17)8-11(10-16)15(14)20-7-5-13-4-2-3-6-18-13/h2-4,6,8-9H,5,7,10H2,1H3. The van der Waals surface area contributed by atoms with Gasteiger partial charge in [0.05, 0.1) is 19.6 Å². The summed E-state index contributed by atoms with van der Waals surface area (Å²) in [5.74, 6) is 1.55. The Balaban J connectivity index is 2.08. The second-order valence-corrected chi connectivity index (χ2v) is 4.85. The van der Waals surface area contributed by atoms with Gasteiger partial charge in [-0.05, 0) is 18.2 Å². The van der Waals surface area contributed by atoms with Gasteiger partial charge in [-0.1, -0.05) is 17.7 Å². The molecule has 0 spiro atoms. The third-order valence-corrected chi connectivity index (χ3v) is 3.30. The van der Waals surface area contributed by atoms with Gasteiger partial charge in [-0.15, -0.1) is 11.6 Å². The number of nitrogens with zero attached hydrogens (tertiary/aromatic N) is 1. The van der Waals surface area contributed by atoms with E-state index >= 15 is 0 Å². The Hall–Kier alpha value is -1.45. The zero-order chi connectivity index (χ0) is 14.4. The fraction of sp³-hybridized carbons (Fsp3) is 0.267. The molecule has 2 rings (SSSR count). The molecular weight excluding hydrogens is 297 g/mol. The van der Waals surface area contributed by atoms with Gasteiger partial charge in [0.1, 0.15) is 0 Å². The summed E-state index contributed by atoms with van der Waals surface area (Å²) in [7, 11) is 1.58. The van der Waals surface area contributed by atoms with Gasteiger partial charge < -0.3 is 9.47 Å². The van der Waals surface area contributed by atoms with Crippen molar-refractivity contribution >= 4 is 23.2 Å². The Morgan fingerprint density at radius 3 is 2.75 bits per heavy atom. The van der Waals surface area contributed by atoms with E-state index in [-0.39, 0.29) is 0 Å². The average molecular weight is 312 g/mol. The molecule has 0 aliphatic heterocycles. The monoisotopic (exact) mass is 311 g/mol. The lowest BCUT2D eigenvalue weighted by Crippen LogP contribution is -2.05. The van der Waals surface area contributed by atoms with Gasteiger partial charge >= 0.3 is 0 Å². The van der Waals surface area contributed by atoms with Crippen LogP contribution in [0.1, 0.15) is 11.3 Å². The number of hydrogen-bond acceptors (Lipinski definition) is 3. The van der Waals surface area contributed by atoms with Crippen LogP contribution in [-0.2, 0) is 12.3 Å². The second-order valence-electron chi connectivity index (χ2n) is 4.15. The molecule has 0 N–H and O–H groups in total. The minimum Gasteiger partial charge on any atom is -0.493 e.